The van der Waals surface area contributed by atoms with Crippen molar-refractivity contribution in [3.63, 3.8) is 0 Å². The number of nitrogens with one attached hydrogen (secondary N) is 1. The Morgan fingerprint density at radius 3 is 2.12 bits per heavy atom. The summed E-state index contributed by atoms with van der Waals surface area (Å²) in [5, 5.41) is 21.1. The second kappa shape index (κ2) is 8.12. The lowest BCUT2D eigenvalue weighted by Crippen LogP contribution is -2.69. The average molecular weight is 329 g/mol. The van der Waals surface area contributed by atoms with Gasteiger partial charge in [0.05, 0.1) is 0 Å². The summed E-state index contributed by atoms with van der Waals surface area (Å²) >= 11 is 0. The van der Waals surface area contributed by atoms with Crippen LogP contribution < -0.4 is 11.1 Å². The molecule has 0 spiro atoms. The number of benzene rings is 2. The van der Waals surface area contributed by atoms with Gasteiger partial charge in [-0.3, -0.25) is 4.79 Å². The minimum atomic E-state index is -1.08. The van der Waals surface area contributed by atoms with Gasteiger partial charge in [0, 0.05) is 12.8 Å². The quantitative estimate of drug-likeness (QED) is 0.587. The molecule has 0 aliphatic carbocycles. The van der Waals surface area contributed by atoms with Crippen LogP contribution in [-0.4, -0.2) is 34.2 Å². The Balaban J connectivity index is 1.96. The van der Waals surface area contributed by atoms with Crippen molar-refractivity contribution in [2.24, 2.45) is 0 Å². The molecule has 6 heteroatoms. The first kappa shape index (κ1) is 17.5. The minimum absolute atomic E-state index is 0.151. The smallest absolute Gasteiger partial charge is 0.326 e. The maximum absolute atomic E-state index is 12.2. The van der Waals surface area contributed by atoms with Gasteiger partial charge in [-0.2, -0.15) is 0 Å². The fourth-order valence-corrected chi connectivity index (χ4v) is 2.35. The van der Waals surface area contributed by atoms with Crippen LogP contribution in [0.15, 0.2) is 54.6 Å². The van der Waals surface area contributed by atoms with Gasteiger partial charge in [-0.25, -0.2) is 4.79 Å². The number of carbonyl (C=O) groups excluding carboxylic acids is 1. The van der Waals surface area contributed by atoms with E-state index in [2.05, 4.69) is 11.1 Å². The number of aliphatic carboxylic acids is 1. The lowest BCUT2D eigenvalue weighted by atomic mass is 10.0. The topological polar surface area (TPSA) is 114 Å². The third-order valence-electron chi connectivity index (χ3n) is 3.69. The van der Waals surface area contributed by atoms with Crippen molar-refractivity contribution < 1.29 is 25.5 Å². The molecule has 0 fully saturated rings. The van der Waals surface area contributed by atoms with Gasteiger partial charge in [-0.05, 0) is 23.3 Å². The highest BCUT2D eigenvalue weighted by Gasteiger charge is 2.25. The normalized spacial score (nSPS) is 13.0. The molecule has 2 atom stereocenters. The third-order valence-corrected chi connectivity index (χ3v) is 3.69. The Bertz CT molecular complexity index is 686. The number of rotatable bonds is 7. The van der Waals surface area contributed by atoms with Crippen LogP contribution in [-0.2, 0) is 22.4 Å². The number of hydrogen-bond donors (Lipinski definition) is 4. The molecule has 126 valence electrons. The molecular formula is C18H21N2O4+. The second-order valence-electron chi connectivity index (χ2n) is 5.66. The summed E-state index contributed by atoms with van der Waals surface area (Å²) in [5.74, 6) is -1.34. The fraction of sp³-hybridized carbons (Fsp3) is 0.222. The molecule has 0 aliphatic rings. The summed E-state index contributed by atoms with van der Waals surface area (Å²) in [7, 11) is 0. The van der Waals surface area contributed by atoms with Gasteiger partial charge in [0.25, 0.3) is 5.91 Å². The second-order valence-corrected chi connectivity index (χ2v) is 5.66. The van der Waals surface area contributed by atoms with E-state index in [4.69, 9.17) is 0 Å². The van der Waals surface area contributed by atoms with E-state index in [-0.39, 0.29) is 12.2 Å². The number of hydrogen-bond acceptors (Lipinski definition) is 3. The molecule has 0 aliphatic heterocycles. The molecule has 0 saturated heterocycles. The largest absolute Gasteiger partial charge is 0.508 e. The van der Waals surface area contributed by atoms with Gasteiger partial charge in [0.15, 0.2) is 6.04 Å². The number of phenols is 1. The van der Waals surface area contributed by atoms with Crippen LogP contribution in [0.5, 0.6) is 5.75 Å². The highest BCUT2D eigenvalue weighted by molar-refractivity contribution is 5.86. The van der Waals surface area contributed by atoms with E-state index in [1.807, 2.05) is 30.3 Å². The summed E-state index contributed by atoms with van der Waals surface area (Å²) in [4.78, 5) is 23.6. The molecule has 0 radical (unpaired) electrons. The summed E-state index contributed by atoms with van der Waals surface area (Å²) in [6.45, 7) is 0. The SMILES string of the molecule is [NH3+]C(Cc1ccc(O)cc1)C(=O)NC(Cc1ccccc1)C(=O)O. The van der Waals surface area contributed by atoms with Crippen molar-refractivity contribution >= 4 is 11.9 Å². The molecule has 6 N–H and O–H groups in total. The van der Waals surface area contributed by atoms with E-state index in [0.717, 1.165) is 11.1 Å². The lowest BCUT2D eigenvalue weighted by Gasteiger charge is -2.16. The molecule has 24 heavy (non-hydrogen) atoms. The van der Waals surface area contributed by atoms with Crippen molar-refractivity contribution in [3.8, 4) is 5.75 Å². The highest BCUT2D eigenvalue weighted by atomic mass is 16.4. The Morgan fingerprint density at radius 1 is 0.958 bits per heavy atom. The van der Waals surface area contributed by atoms with E-state index >= 15 is 0 Å². The van der Waals surface area contributed by atoms with Crippen molar-refractivity contribution in [2.45, 2.75) is 24.9 Å². The average Bonchev–Trinajstić information content (AvgIpc) is 2.57. The first-order valence-corrected chi connectivity index (χ1v) is 7.64. The van der Waals surface area contributed by atoms with Crippen LogP contribution in [0.3, 0.4) is 0 Å². The van der Waals surface area contributed by atoms with Gasteiger partial charge in [0.1, 0.15) is 11.8 Å². The minimum Gasteiger partial charge on any atom is -0.508 e. The summed E-state index contributed by atoms with van der Waals surface area (Å²) in [5.41, 5.74) is 5.49. The van der Waals surface area contributed by atoms with Crippen LogP contribution in [0.4, 0.5) is 0 Å². The van der Waals surface area contributed by atoms with Crippen LogP contribution in [0, 0.1) is 0 Å². The summed E-state index contributed by atoms with van der Waals surface area (Å²) < 4.78 is 0. The van der Waals surface area contributed by atoms with Crippen molar-refractivity contribution in [2.75, 3.05) is 0 Å². The number of amides is 1. The van der Waals surface area contributed by atoms with Gasteiger partial charge in [-0.1, -0.05) is 42.5 Å². The summed E-state index contributed by atoms with van der Waals surface area (Å²) in [6, 6.07) is 14.0. The van der Waals surface area contributed by atoms with Gasteiger partial charge < -0.3 is 21.3 Å². The van der Waals surface area contributed by atoms with Crippen LogP contribution in [0.2, 0.25) is 0 Å². The Kier molecular flexibility index (Phi) is 5.92. The first-order valence-electron chi connectivity index (χ1n) is 7.64. The Labute approximate surface area is 139 Å². The fourth-order valence-electron chi connectivity index (χ4n) is 2.35. The standard InChI is InChI=1S/C18H20N2O4/c19-15(10-13-6-8-14(21)9-7-13)17(22)20-16(18(23)24)11-12-4-2-1-3-5-12/h1-9,15-16,21H,10-11,19H2,(H,20,22)(H,23,24)/p+1. The third kappa shape index (κ3) is 5.10. The van der Waals surface area contributed by atoms with Crippen molar-refractivity contribution in [1.29, 1.82) is 0 Å². The van der Waals surface area contributed by atoms with Crippen LogP contribution in [0.1, 0.15) is 11.1 Å². The molecule has 2 aromatic rings. The summed E-state index contributed by atoms with van der Waals surface area (Å²) in [6.07, 6.45) is 0.581. The lowest BCUT2D eigenvalue weighted by molar-refractivity contribution is -0.403. The molecule has 2 rings (SSSR count). The van der Waals surface area contributed by atoms with Crippen LogP contribution in [0.25, 0.3) is 0 Å². The maximum atomic E-state index is 12.2. The molecule has 0 saturated carbocycles. The molecule has 2 unspecified atom stereocenters. The first-order chi connectivity index (χ1) is 11.5. The number of carboxylic acid groups (broad SMARTS) is 1. The Morgan fingerprint density at radius 2 is 1.54 bits per heavy atom. The zero-order chi connectivity index (χ0) is 17.5. The van der Waals surface area contributed by atoms with Gasteiger partial charge >= 0.3 is 5.97 Å². The van der Waals surface area contributed by atoms with E-state index in [1.54, 1.807) is 12.1 Å². The number of carboxylic acids is 1. The Hall–Kier alpha value is -2.86. The maximum Gasteiger partial charge on any atom is 0.326 e. The molecule has 0 bridgehead atoms. The van der Waals surface area contributed by atoms with Crippen molar-refractivity contribution in [1.82, 2.24) is 5.32 Å². The molecule has 0 heterocycles. The zero-order valence-corrected chi connectivity index (χ0v) is 13.2. The number of phenolic OH excluding ortho intramolecular Hbond substituents is 1. The van der Waals surface area contributed by atoms with E-state index in [0.29, 0.717) is 6.42 Å². The number of aromatic hydroxyl groups is 1. The predicted octanol–water partition coefficient (Wildman–Crippen LogP) is 0.357. The van der Waals surface area contributed by atoms with E-state index in [1.165, 1.54) is 12.1 Å². The predicted molar refractivity (Wildman–Crippen MR) is 88.2 cm³/mol. The monoisotopic (exact) mass is 329 g/mol. The van der Waals surface area contributed by atoms with Crippen LogP contribution >= 0.6 is 0 Å². The molecule has 2 aromatic carbocycles. The molecule has 1 amide bonds. The highest BCUT2D eigenvalue weighted by Crippen LogP contribution is 2.11. The van der Waals surface area contributed by atoms with Gasteiger partial charge in [0.2, 0.25) is 0 Å². The molecule has 6 nitrogen and oxygen atoms in total. The van der Waals surface area contributed by atoms with E-state index in [9.17, 15) is 19.8 Å². The van der Waals surface area contributed by atoms with E-state index < -0.39 is 24.0 Å². The van der Waals surface area contributed by atoms with Crippen molar-refractivity contribution in [3.05, 3.63) is 65.7 Å². The van der Waals surface area contributed by atoms with Gasteiger partial charge in [-0.15, -0.1) is 0 Å². The number of carbonyl (C=O) groups is 2. The molecule has 0 aromatic heterocycles. The molecular weight excluding hydrogens is 308 g/mol. The zero-order valence-electron chi connectivity index (χ0n) is 13.2. The number of quaternary nitrogens is 1.